The van der Waals surface area contributed by atoms with Crippen LogP contribution in [0.25, 0.3) is 0 Å². The molecule has 1 aromatic carbocycles. The highest BCUT2D eigenvalue weighted by molar-refractivity contribution is 6.32. The topological polar surface area (TPSA) is 66.8 Å². The summed E-state index contributed by atoms with van der Waals surface area (Å²) in [5.74, 6) is 3.38. The van der Waals surface area contributed by atoms with E-state index in [-0.39, 0.29) is 17.8 Å². The van der Waals surface area contributed by atoms with Crippen molar-refractivity contribution in [1.29, 1.82) is 0 Å². The van der Waals surface area contributed by atoms with Crippen molar-refractivity contribution in [2.24, 2.45) is 23.2 Å². The Labute approximate surface area is 191 Å². The standard InChI is InChI=1S/C24H34ClNO2.CH2O2/c1-16-9-18-11-19(10-16)14-24(3,13-18)15-28-22-7-6-20(12-21(22)25)23(27)26-8-4-5-17(26)2;2-1-3/h6-7,12,16-19H,4-5,8-11,13-15H2,1-3H3;1H,(H,2,3). The van der Waals surface area contributed by atoms with E-state index in [9.17, 15) is 4.79 Å². The Kier molecular flexibility index (Phi) is 7.90. The Morgan fingerprint density at radius 3 is 2.45 bits per heavy atom. The average molecular weight is 450 g/mol. The predicted molar refractivity (Wildman–Crippen MR) is 123 cm³/mol. The molecule has 1 aliphatic heterocycles. The highest BCUT2D eigenvalue weighted by Crippen LogP contribution is 2.50. The minimum atomic E-state index is -0.250. The molecule has 6 heteroatoms. The van der Waals surface area contributed by atoms with Gasteiger partial charge >= 0.3 is 0 Å². The van der Waals surface area contributed by atoms with Crippen LogP contribution in [-0.2, 0) is 4.79 Å². The van der Waals surface area contributed by atoms with Crippen LogP contribution in [0.2, 0.25) is 5.02 Å². The molecule has 0 spiro atoms. The quantitative estimate of drug-likeness (QED) is 0.581. The van der Waals surface area contributed by atoms with Gasteiger partial charge in [-0.25, -0.2) is 0 Å². The summed E-state index contributed by atoms with van der Waals surface area (Å²) in [6, 6.07) is 5.85. The van der Waals surface area contributed by atoms with Gasteiger partial charge in [0, 0.05) is 23.6 Å². The smallest absolute Gasteiger partial charge is 0.290 e. The van der Waals surface area contributed by atoms with E-state index >= 15 is 0 Å². The van der Waals surface area contributed by atoms with Gasteiger partial charge in [0.05, 0.1) is 11.6 Å². The molecule has 2 saturated carbocycles. The monoisotopic (exact) mass is 449 g/mol. The number of carboxylic acid groups (broad SMARTS) is 1. The minimum Gasteiger partial charge on any atom is -0.491 e. The van der Waals surface area contributed by atoms with Gasteiger partial charge in [-0.05, 0) is 87.8 Å². The second kappa shape index (κ2) is 10.2. The summed E-state index contributed by atoms with van der Waals surface area (Å²) in [6.07, 6.45) is 8.84. The fourth-order valence-electron chi connectivity index (χ4n) is 6.23. The largest absolute Gasteiger partial charge is 0.491 e. The summed E-state index contributed by atoms with van der Waals surface area (Å²) in [6.45, 7) is 8.21. The molecule has 2 aliphatic carbocycles. The van der Waals surface area contributed by atoms with Crippen LogP contribution in [-0.4, -0.2) is 41.6 Å². The summed E-state index contributed by atoms with van der Waals surface area (Å²) in [4.78, 5) is 23.1. The van der Waals surface area contributed by atoms with Crippen molar-refractivity contribution in [2.45, 2.75) is 71.8 Å². The molecule has 3 atom stereocenters. The van der Waals surface area contributed by atoms with Crippen LogP contribution in [0.15, 0.2) is 18.2 Å². The number of hydrogen-bond acceptors (Lipinski definition) is 3. The van der Waals surface area contributed by atoms with E-state index in [0.717, 1.165) is 37.1 Å². The number of rotatable bonds is 4. The molecule has 3 fully saturated rings. The number of carbonyl (C=O) groups excluding carboxylic acids is 1. The molecule has 2 bridgehead atoms. The number of ether oxygens (including phenoxy) is 1. The first-order chi connectivity index (χ1) is 14.7. The molecule has 1 aromatic rings. The van der Waals surface area contributed by atoms with Gasteiger partial charge in [0.1, 0.15) is 5.75 Å². The van der Waals surface area contributed by atoms with Crippen LogP contribution < -0.4 is 4.74 Å². The molecule has 3 unspecified atom stereocenters. The molecule has 31 heavy (non-hydrogen) atoms. The van der Waals surface area contributed by atoms with Gasteiger partial charge in [-0.1, -0.05) is 25.4 Å². The Morgan fingerprint density at radius 1 is 1.26 bits per heavy atom. The van der Waals surface area contributed by atoms with Crippen molar-refractivity contribution in [3.05, 3.63) is 28.8 Å². The van der Waals surface area contributed by atoms with Crippen LogP contribution >= 0.6 is 11.6 Å². The lowest BCUT2D eigenvalue weighted by atomic mass is 9.60. The van der Waals surface area contributed by atoms with E-state index in [1.807, 2.05) is 17.0 Å². The van der Waals surface area contributed by atoms with Crippen molar-refractivity contribution < 1.29 is 19.4 Å². The van der Waals surface area contributed by atoms with Gasteiger partial charge in [-0.2, -0.15) is 0 Å². The summed E-state index contributed by atoms with van der Waals surface area (Å²) in [5, 5.41) is 7.44. The number of carbonyl (C=O) groups is 2. The van der Waals surface area contributed by atoms with E-state index in [2.05, 4.69) is 20.8 Å². The molecular weight excluding hydrogens is 414 g/mol. The maximum atomic E-state index is 12.7. The van der Waals surface area contributed by atoms with Crippen molar-refractivity contribution in [3.8, 4) is 5.75 Å². The Morgan fingerprint density at radius 2 is 1.90 bits per heavy atom. The lowest BCUT2D eigenvalue weighted by molar-refractivity contribution is -0.122. The second-order valence-electron chi connectivity index (χ2n) is 10.3. The number of fused-ring (bicyclic) bond motifs is 2. The van der Waals surface area contributed by atoms with Crippen molar-refractivity contribution in [1.82, 2.24) is 4.90 Å². The zero-order valence-corrected chi connectivity index (χ0v) is 19.7. The van der Waals surface area contributed by atoms with E-state index in [1.54, 1.807) is 6.07 Å². The Balaban J connectivity index is 0.000000858. The maximum absolute atomic E-state index is 12.7. The number of benzene rings is 1. The van der Waals surface area contributed by atoms with E-state index in [0.29, 0.717) is 29.0 Å². The molecule has 1 N–H and O–H groups in total. The average Bonchev–Trinajstić information content (AvgIpc) is 3.12. The number of halogens is 1. The third-order valence-electron chi connectivity index (χ3n) is 7.27. The number of nitrogens with zero attached hydrogens (tertiary/aromatic N) is 1. The zero-order valence-electron chi connectivity index (χ0n) is 19.0. The van der Waals surface area contributed by atoms with Crippen LogP contribution in [0, 0.1) is 23.2 Å². The first-order valence-corrected chi connectivity index (χ1v) is 11.9. The molecule has 1 heterocycles. The van der Waals surface area contributed by atoms with Gasteiger partial charge in [0.25, 0.3) is 12.4 Å². The molecule has 4 rings (SSSR count). The highest BCUT2D eigenvalue weighted by atomic mass is 35.5. The van der Waals surface area contributed by atoms with Gasteiger partial charge in [-0.15, -0.1) is 0 Å². The molecule has 1 amide bonds. The molecule has 0 radical (unpaired) electrons. The number of amides is 1. The number of likely N-dealkylation sites (tertiary alicyclic amines) is 1. The van der Waals surface area contributed by atoms with Crippen molar-refractivity contribution in [3.63, 3.8) is 0 Å². The Hall–Kier alpha value is -1.75. The predicted octanol–water partition coefficient (Wildman–Crippen LogP) is 5.90. The van der Waals surface area contributed by atoms with Gasteiger partial charge in [0.2, 0.25) is 0 Å². The van der Waals surface area contributed by atoms with E-state index < -0.39 is 0 Å². The van der Waals surface area contributed by atoms with Gasteiger partial charge in [-0.3, -0.25) is 9.59 Å². The van der Waals surface area contributed by atoms with E-state index in [1.165, 1.54) is 32.1 Å². The third-order valence-corrected chi connectivity index (χ3v) is 7.57. The van der Waals surface area contributed by atoms with Gasteiger partial charge < -0.3 is 14.7 Å². The molecule has 1 saturated heterocycles. The van der Waals surface area contributed by atoms with Crippen molar-refractivity contribution in [2.75, 3.05) is 13.2 Å². The third kappa shape index (κ3) is 5.94. The molecular formula is C25H36ClNO4. The highest BCUT2D eigenvalue weighted by Gasteiger charge is 2.41. The molecule has 5 nitrogen and oxygen atoms in total. The number of hydrogen-bond donors (Lipinski definition) is 1. The second-order valence-corrected chi connectivity index (χ2v) is 10.7. The Bertz CT molecular complexity index is 765. The summed E-state index contributed by atoms with van der Waals surface area (Å²) >= 11 is 6.50. The molecule has 172 valence electrons. The van der Waals surface area contributed by atoms with Crippen LogP contribution in [0.5, 0.6) is 5.75 Å². The lowest BCUT2D eigenvalue weighted by Gasteiger charge is -2.47. The molecule has 3 aliphatic rings. The van der Waals surface area contributed by atoms with Crippen LogP contribution in [0.4, 0.5) is 0 Å². The fraction of sp³-hybridized carbons (Fsp3) is 0.680. The summed E-state index contributed by atoms with van der Waals surface area (Å²) in [7, 11) is 0. The normalized spacial score (nSPS) is 32.1. The first kappa shape index (κ1) is 23.9. The molecule has 0 aromatic heterocycles. The minimum absolute atomic E-state index is 0.0830. The van der Waals surface area contributed by atoms with E-state index in [4.69, 9.17) is 26.2 Å². The zero-order chi connectivity index (χ0) is 22.6. The maximum Gasteiger partial charge on any atom is 0.290 e. The lowest BCUT2D eigenvalue weighted by Crippen LogP contribution is -2.39. The fourth-order valence-corrected chi connectivity index (χ4v) is 6.47. The first-order valence-electron chi connectivity index (χ1n) is 11.6. The van der Waals surface area contributed by atoms with Crippen molar-refractivity contribution >= 4 is 24.0 Å². The summed E-state index contributed by atoms with van der Waals surface area (Å²) in [5.41, 5.74) is 0.898. The van der Waals surface area contributed by atoms with Crippen LogP contribution in [0.1, 0.15) is 76.1 Å². The summed E-state index contributed by atoms with van der Waals surface area (Å²) < 4.78 is 6.20. The van der Waals surface area contributed by atoms with Crippen LogP contribution in [0.3, 0.4) is 0 Å². The SMILES string of the molecule is CC1CC2CC(C1)CC(C)(COc1ccc(C(=O)N3CCCC3C)cc1Cl)C2.O=CO. The van der Waals surface area contributed by atoms with Gasteiger partial charge in [0.15, 0.2) is 0 Å².